The van der Waals surface area contributed by atoms with E-state index in [4.69, 9.17) is 9.15 Å². The van der Waals surface area contributed by atoms with Crippen LogP contribution < -0.4 is 10.1 Å². The predicted octanol–water partition coefficient (Wildman–Crippen LogP) is 2.64. The smallest absolute Gasteiger partial charge is 0.228 e. The van der Waals surface area contributed by atoms with Gasteiger partial charge in [-0.25, -0.2) is 0 Å². The minimum absolute atomic E-state index is 0.0247. The van der Waals surface area contributed by atoms with E-state index in [0.717, 1.165) is 24.2 Å². The normalized spacial score (nSPS) is 15.7. The second-order valence-corrected chi connectivity index (χ2v) is 5.09. The Morgan fingerprint density at radius 2 is 2.10 bits per heavy atom. The summed E-state index contributed by atoms with van der Waals surface area (Å²) in [5, 5.41) is 3.12. The van der Waals surface area contributed by atoms with Crippen LogP contribution >= 0.6 is 0 Å². The maximum atomic E-state index is 12.1. The number of ether oxygens (including phenoxy) is 1. The number of furan rings is 1. The molecule has 1 N–H and O–H groups in total. The van der Waals surface area contributed by atoms with E-state index in [9.17, 15) is 4.79 Å². The van der Waals surface area contributed by atoms with Crippen molar-refractivity contribution in [2.24, 2.45) is 0 Å². The number of hydrogen-bond donors (Lipinski definition) is 1. The summed E-state index contributed by atoms with van der Waals surface area (Å²) in [5.74, 6) is 1.48. The van der Waals surface area contributed by atoms with Crippen LogP contribution in [0.1, 0.15) is 24.2 Å². The topological polar surface area (TPSA) is 51.5 Å². The molecule has 4 heteroatoms. The number of carbonyl (C=O) groups is 1. The molecule has 0 aliphatic heterocycles. The van der Waals surface area contributed by atoms with E-state index in [1.807, 2.05) is 30.3 Å². The molecular weight excluding hydrogens is 254 g/mol. The zero-order valence-electron chi connectivity index (χ0n) is 11.4. The van der Waals surface area contributed by atoms with Crippen molar-refractivity contribution in [2.75, 3.05) is 7.11 Å². The molecule has 0 atom stereocenters. The lowest BCUT2D eigenvalue weighted by Crippen LogP contribution is -2.36. The van der Waals surface area contributed by atoms with Gasteiger partial charge >= 0.3 is 0 Å². The molecule has 0 spiro atoms. The van der Waals surface area contributed by atoms with E-state index < -0.39 is 0 Å². The Hall–Kier alpha value is -2.23. The average molecular weight is 271 g/mol. The van der Waals surface area contributed by atoms with Crippen LogP contribution in [-0.2, 0) is 16.8 Å². The first-order valence-electron chi connectivity index (χ1n) is 6.70. The number of nitrogens with one attached hydrogen (secondary N) is 1. The fourth-order valence-corrected chi connectivity index (χ4v) is 2.51. The van der Waals surface area contributed by atoms with Crippen LogP contribution in [0.5, 0.6) is 5.75 Å². The van der Waals surface area contributed by atoms with E-state index in [-0.39, 0.29) is 17.9 Å². The molecule has 0 unspecified atom stereocenters. The van der Waals surface area contributed by atoms with Gasteiger partial charge in [-0.1, -0.05) is 18.2 Å². The van der Waals surface area contributed by atoms with Crippen LogP contribution in [0, 0.1) is 0 Å². The van der Waals surface area contributed by atoms with Gasteiger partial charge in [-0.05, 0) is 31.0 Å². The van der Waals surface area contributed by atoms with Crippen LogP contribution in [0.25, 0.3) is 0 Å². The molecule has 1 fully saturated rings. The van der Waals surface area contributed by atoms with Gasteiger partial charge < -0.3 is 14.5 Å². The molecule has 20 heavy (non-hydrogen) atoms. The first-order valence-corrected chi connectivity index (χ1v) is 6.70. The number of carbonyl (C=O) groups excluding carboxylic acids is 1. The molecule has 1 aliphatic carbocycles. The average Bonchev–Trinajstić information content (AvgIpc) is 3.05. The van der Waals surface area contributed by atoms with Crippen LogP contribution in [0.4, 0.5) is 0 Å². The van der Waals surface area contributed by atoms with Crippen LogP contribution in [0.2, 0.25) is 0 Å². The van der Waals surface area contributed by atoms with Gasteiger partial charge in [0, 0.05) is 5.56 Å². The fourth-order valence-electron chi connectivity index (χ4n) is 2.51. The Bertz CT molecular complexity index is 600. The summed E-state index contributed by atoms with van der Waals surface area (Å²) in [5.41, 5.74) is 0.784. The minimum Gasteiger partial charge on any atom is -0.496 e. The summed E-state index contributed by atoms with van der Waals surface area (Å²) in [4.78, 5) is 12.1. The van der Waals surface area contributed by atoms with Gasteiger partial charge in [0.1, 0.15) is 11.5 Å². The maximum absolute atomic E-state index is 12.1. The van der Waals surface area contributed by atoms with E-state index in [1.54, 1.807) is 19.4 Å². The first-order chi connectivity index (χ1) is 9.73. The van der Waals surface area contributed by atoms with Gasteiger partial charge in [0.05, 0.1) is 25.3 Å². The number of benzene rings is 1. The van der Waals surface area contributed by atoms with Crippen molar-refractivity contribution in [1.82, 2.24) is 5.32 Å². The van der Waals surface area contributed by atoms with Gasteiger partial charge in [0.15, 0.2) is 0 Å². The highest BCUT2D eigenvalue weighted by atomic mass is 16.5. The lowest BCUT2D eigenvalue weighted by atomic mass is 10.0. The molecule has 104 valence electrons. The highest BCUT2D eigenvalue weighted by Crippen LogP contribution is 2.48. The van der Waals surface area contributed by atoms with Crippen molar-refractivity contribution < 1.29 is 13.9 Å². The second kappa shape index (κ2) is 5.04. The Labute approximate surface area is 117 Å². The van der Waals surface area contributed by atoms with Gasteiger partial charge in [-0.3, -0.25) is 4.79 Å². The lowest BCUT2D eigenvalue weighted by Gasteiger charge is -2.20. The van der Waals surface area contributed by atoms with Gasteiger partial charge in [0.2, 0.25) is 5.91 Å². The minimum atomic E-state index is -0.268. The predicted molar refractivity (Wildman–Crippen MR) is 74.5 cm³/mol. The largest absolute Gasteiger partial charge is 0.496 e. The van der Waals surface area contributed by atoms with Crippen LogP contribution in [0.15, 0.2) is 47.1 Å². The molecular formula is C16H17NO3. The van der Waals surface area contributed by atoms with E-state index in [0.29, 0.717) is 5.76 Å². The van der Waals surface area contributed by atoms with Crippen molar-refractivity contribution in [3.05, 3.63) is 54.0 Å². The number of hydrogen-bond acceptors (Lipinski definition) is 3. The zero-order valence-corrected chi connectivity index (χ0v) is 11.4. The molecule has 1 saturated carbocycles. The lowest BCUT2D eigenvalue weighted by molar-refractivity contribution is -0.121. The fraction of sp³-hybridized carbons (Fsp3) is 0.312. The monoisotopic (exact) mass is 271 g/mol. The number of methoxy groups -OCH3 is 1. The van der Waals surface area contributed by atoms with Gasteiger partial charge in [-0.15, -0.1) is 0 Å². The maximum Gasteiger partial charge on any atom is 0.228 e. The summed E-state index contributed by atoms with van der Waals surface area (Å²) in [6, 6.07) is 11.4. The molecule has 2 aromatic rings. The Kier molecular flexibility index (Phi) is 3.22. The van der Waals surface area contributed by atoms with Crippen molar-refractivity contribution in [3.63, 3.8) is 0 Å². The molecule has 0 radical (unpaired) electrons. The standard InChI is InChI=1S/C16H17NO3/c1-19-14-7-3-2-6-13(14)16(8-9-16)17-15(18)11-12-5-4-10-20-12/h2-7,10H,8-9,11H2,1H3,(H,17,18). The van der Waals surface area contributed by atoms with Crippen molar-refractivity contribution in [1.29, 1.82) is 0 Å². The summed E-state index contributed by atoms with van der Waals surface area (Å²) in [6.45, 7) is 0. The molecule has 0 saturated heterocycles. The first kappa shape index (κ1) is 12.8. The summed E-state index contributed by atoms with van der Waals surface area (Å²) >= 11 is 0. The Balaban J connectivity index is 1.74. The molecule has 1 amide bonds. The van der Waals surface area contributed by atoms with Crippen molar-refractivity contribution in [3.8, 4) is 5.75 Å². The third kappa shape index (κ3) is 2.41. The van der Waals surface area contributed by atoms with Crippen LogP contribution in [0.3, 0.4) is 0 Å². The number of amides is 1. The van der Waals surface area contributed by atoms with E-state index in [2.05, 4.69) is 5.32 Å². The Morgan fingerprint density at radius 3 is 2.75 bits per heavy atom. The highest BCUT2D eigenvalue weighted by molar-refractivity contribution is 5.79. The molecule has 1 heterocycles. The summed E-state index contributed by atoms with van der Waals surface area (Å²) in [7, 11) is 1.65. The quantitative estimate of drug-likeness (QED) is 0.909. The van der Waals surface area contributed by atoms with Crippen LogP contribution in [-0.4, -0.2) is 13.0 Å². The van der Waals surface area contributed by atoms with Gasteiger partial charge in [0.25, 0.3) is 0 Å². The van der Waals surface area contributed by atoms with E-state index >= 15 is 0 Å². The van der Waals surface area contributed by atoms with Crippen molar-refractivity contribution >= 4 is 5.91 Å². The van der Waals surface area contributed by atoms with E-state index in [1.165, 1.54) is 0 Å². The third-order valence-electron chi connectivity index (χ3n) is 3.67. The second-order valence-electron chi connectivity index (χ2n) is 5.09. The highest BCUT2D eigenvalue weighted by Gasteiger charge is 2.47. The molecule has 1 aromatic heterocycles. The third-order valence-corrected chi connectivity index (χ3v) is 3.67. The SMILES string of the molecule is COc1ccccc1C1(NC(=O)Cc2ccco2)CC1. The molecule has 0 bridgehead atoms. The zero-order chi connectivity index (χ0) is 14.0. The van der Waals surface area contributed by atoms with Crippen molar-refractivity contribution in [2.45, 2.75) is 24.8 Å². The molecule has 1 aromatic carbocycles. The Morgan fingerprint density at radius 1 is 1.30 bits per heavy atom. The summed E-state index contributed by atoms with van der Waals surface area (Å²) in [6.07, 6.45) is 3.73. The number of para-hydroxylation sites is 1. The molecule has 3 rings (SSSR count). The summed E-state index contributed by atoms with van der Waals surface area (Å²) < 4.78 is 10.6. The molecule has 1 aliphatic rings. The molecule has 4 nitrogen and oxygen atoms in total. The number of rotatable bonds is 5. The van der Waals surface area contributed by atoms with Gasteiger partial charge in [-0.2, -0.15) is 0 Å².